The van der Waals surface area contributed by atoms with Crippen molar-refractivity contribution in [3.63, 3.8) is 0 Å². The molecule has 1 aliphatic heterocycles. The molecule has 1 atom stereocenters. The van der Waals surface area contributed by atoms with Crippen LogP contribution in [0.5, 0.6) is 0 Å². The zero-order valence-corrected chi connectivity index (χ0v) is 17.2. The van der Waals surface area contributed by atoms with Gasteiger partial charge in [-0.15, -0.1) is 0 Å². The molecule has 0 saturated heterocycles. The van der Waals surface area contributed by atoms with Gasteiger partial charge in [0.05, 0.1) is 29.5 Å². The van der Waals surface area contributed by atoms with Crippen LogP contribution in [0.3, 0.4) is 0 Å². The number of nitrogens with zero attached hydrogens (tertiary/aromatic N) is 4. The van der Waals surface area contributed by atoms with Crippen molar-refractivity contribution in [3.05, 3.63) is 65.3 Å². The van der Waals surface area contributed by atoms with E-state index in [0.29, 0.717) is 11.6 Å². The zero-order valence-electron chi connectivity index (χ0n) is 16.5. The molecule has 6 heteroatoms. The number of halogens is 1. The molecule has 0 fully saturated rings. The lowest BCUT2D eigenvalue weighted by atomic mass is 9.74. The monoisotopic (exact) mass is 395 g/mol. The third kappa shape index (κ3) is 2.76. The Morgan fingerprint density at radius 1 is 1.25 bits per heavy atom. The van der Waals surface area contributed by atoms with Gasteiger partial charge in [-0.1, -0.05) is 44.9 Å². The van der Waals surface area contributed by atoms with Crippen molar-refractivity contribution in [1.29, 1.82) is 0 Å². The van der Waals surface area contributed by atoms with Crippen LogP contribution in [0.25, 0.3) is 11.0 Å². The van der Waals surface area contributed by atoms with Gasteiger partial charge in [-0.25, -0.2) is 9.66 Å². The van der Waals surface area contributed by atoms with Gasteiger partial charge in [-0.05, 0) is 42.7 Å². The average molecular weight is 396 g/mol. The summed E-state index contributed by atoms with van der Waals surface area (Å²) in [7, 11) is 0. The highest BCUT2D eigenvalue weighted by Crippen LogP contribution is 2.52. The molecule has 1 aromatic carbocycles. The van der Waals surface area contributed by atoms with Gasteiger partial charge in [-0.3, -0.25) is 4.98 Å². The van der Waals surface area contributed by atoms with Crippen LogP contribution in [0.2, 0.25) is 5.02 Å². The van der Waals surface area contributed by atoms with Crippen molar-refractivity contribution in [2.45, 2.75) is 51.5 Å². The Balaban J connectivity index is 1.76. The first-order chi connectivity index (χ1) is 13.5. The van der Waals surface area contributed by atoms with E-state index in [2.05, 4.69) is 36.4 Å². The van der Waals surface area contributed by atoms with E-state index in [1.165, 1.54) is 5.56 Å². The Kier molecular flexibility index (Phi) is 4.79. The summed E-state index contributed by atoms with van der Waals surface area (Å²) >= 11 is 6.14. The number of nitrogen functional groups attached to an aromatic ring is 1. The molecule has 28 heavy (non-hydrogen) atoms. The molecule has 0 bridgehead atoms. The van der Waals surface area contributed by atoms with Crippen LogP contribution < -0.4 is 10.7 Å². The van der Waals surface area contributed by atoms with Crippen LogP contribution in [0.15, 0.2) is 48.9 Å². The number of imidazole rings is 1. The van der Waals surface area contributed by atoms with Crippen molar-refractivity contribution >= 4 is 28.3 Å². The predicted molar refractivity (Wildman–Crippen MR) is 116 cm³/mol. The number of aromatic nitrogens is 3. The average Bonchev–Trinajstić information content (AvgIpc) is 3.14. The molecule has 1 aliphatic rings. The van der Waals surface area contributed by atoms with E-state index in [1.54, 1.807) is 4.68 Å². The summed E-state index contributed by atoms with van der Waals surface area (Å²) in [4.78, 5) is 11.3. The Morgan fingerprint density at radius 2 is 2.07 bits per heavy atom. The minimum absolute atomic E-state index is 0.0525. The van der Waals surface area contributed by atoms with E-state index in [0.717, 1.165) is 53.9 Å². The summed E-state index contributed by atoms with van der Waals surface area (Å²) in [6.07, 6.45) is 8.23. The summed E-state index contributed by atoms with van der Waals surface area (Å²) in [5, 5.41) is 0.648. The minimum Gasteiger partial charge on any atom is -0.337 e. The smallest absolute Gasteiger partial charge is 0.148 e. The van der Waals surface area contributed by atoms with E-state index in [1.807, 2.05) is 30.6 Å². The van der Waals surface area contributed by atoms with Crippen LogP contribution >= 0.6 is 11.6 Å². The molecular formula is C22H26ClN5. The molecule has 0 aliphatic carbocycles. The largest absolute Gasteiger partial charge is 0.337 e. The number of anilines is 1. The number of nitrogens with two attached hydrogens (primary N) is 1. The molecule has 3 aromatic rings. The number of allylic oxidation sites excluding steroid dienone is 1. The SMILES string of the molecule is C=C1N(Cc2nc3ccc(Cl)cc3n2N)c2cnccc2C1(CC)CCCC. The Labute approximate surface area is 170 Å². The van der Waals surface area contributed by atoms with Crippen LogP contribution in [-0.4, -0.2) is 14.6 Å². The highest BCUT2D eigenvalue weighted by molar-refractivity contribution is 6.31. The van der Waals surface area contributed by atoms with Gasteiger partial charge in [0.1, 0.15) is 5.82 Å². The summed E-state index contributed by atoms with van der Waals surface area (Å²) in [6.45, 7) is 9.55. The normalized spacial score (nSPS) is 18.8. The van der Waals surface area contributed by atoms with Gasteiger partial charge in [0.15, 0.2) is 0 Å². The Bertz CT molecular complexity index is 1040. The van der Waals surface area contributed by atoms with E-state index < -0.39 is 0 Å². The van der Waals surface area contributed by atoms with Crippen LogP contribution in [0.4, 0.5) is 5.69 Å². The fourth-order valence-electron chi connectivity index (χ4n) is 4.44. The quantitative estimate of drug-likeness (QED) is 0.585. The number of pyridine rings is 1. The molecule has 2 aromatic heterocycles. The lowest BCUT2D eigenvalue weighted by Gasteiger charge is -2.32. The lowest BCUT2D eigenvalue weighted by molar-refractivity contribution is 0.436. The highest BCUT2D eigenvalue weighted by atomic mass is 35.5. The van der Waals surface area contributed by atoms with Crippen molar-refractivity contribution < 1.29 is 0 Å². The second kappa shape index (κ2) is 7.13. The van der Waals surface area contributed by atoms with Crippen LogP contribution in [0.1, 0.15) is 50.9 Å². The molecule has 3 heterocycles. The fourth-order valence-corrected chi connectivity index (χ4v) is 4.61. The predicted octanol–water partition coefficient (Wildman–Crippen LogP) is 5.17. The maximum atomic E-state index is 6.36. The van der Waals surface area contributed by atoms with Gasteiger partial charge >= 0.3 is 0 Å². The fraction of sp³-hybridized carbons (Fsp3) is 0.364. The highest BCUT2D eigenvalue weighted by Gasteiger charge is 2.44. The van der Waals surface area contributed by atoms with Crippen molar-refractivity contribution in [3.8, 4) is 0 Å². The topological polar surface area (TPSA) is 60.0 Å². The van der Waals surface area contributed by atoms with Crippen LogP contribution in [0, 0.1) is 0 Å². The van der Waals surface area contributed by atoms with Gasteiger partial charge in [0, 0.05) is 22.3 Å². The molecule has 0 radical (unpaired) electrons. The zero-order chi connectivity index (χ0) is 19.9. The first-order valence-electron chi connectivity index (χ1n) is 9.85. The first-order valence-corrected chi connectivity index (χ1v) is 10.2. The number of fused-ring (bicyclic) bond motifs is 2. The Hall–Kier alpha value is -2.53. The number of unbranched alkanes of at least 4 members (excludes halogenated alkanes) is 1. The number of hydrogen-bond donors (Lipinski definition) is 1. The maximum absolute atomic E-state index is 6.36. The van der Waals surface area contributed by atoms with Gasteiger partial charge in [-0.2, -0.15) is 0 Å². The molecule has 0 spiro atoms. The standard InChI is InChI=1S/C22H26ClN5/c1-4-6-10-22(5-2)15(3)27(20-13-25-11-9-17(20)22)14-21-26-18-8-7-16(23)12-19(18)28(21)24/h7-9,11-13H,3-6,10,14,24H2,1-2H3. The molecule has 2 N–H and O–H groups in total. The molecular weight excluding hydrogens is 370 g/mol. The maximum Gasteiger partial charge on any atom is 0.148 e. The van der Waals surface area contributed by atoms with Crippen molar-refractivity contribution in [2.75, 3.05) is 10.7 Å². The number of rotatable bonds is 6. The van der Waals surface area contributed by atoms with Crippen LogP contribution in [-0.2, 0) is 12.0 Å². The van der Waals surface area contributed by atoms with Gasteiger partial charge < -0.3 is 10.7 Å². The second-order valence-electron chi connectivity index (χ2n) is 7.50. The molecule has 0 amide bonds. The second-order valence-corrected chi connectivity index (χ2v) is 7.93. The third-order valence-electron chi connectivity index (χ3n) is 6.07. The molecule has 0 saturated carbocycles. The van der Waals surface area contributed by atoms with E-state index >= 15 is 0 Å². The Morgan fingerprint density at radius 3 is 2.82 bits per heavy atom. The summed E-state index contributed by atoms with van der Waals surface area (Å²) in [6, 6.07) is 7.72. The third-order valence-corrected chi connectivity index (χ3v) is 6.30. The molecule has 4 rings (SSSR count). The van der Waals surface area contributed by atoms with Gasteiger partial charge in [0.2, 0.25) is 0 Å². The van der Waals surface area contributed by atoms with Gasteiger partial charge in [0.25, 0.3) is 0 Å². The number of hydrogen-bond acceptors (Lipinski definition) is 4. The molecule has 5 nitrogen and oxygen atoms in total. The van der Waals surface area contributed by atoms with Crippen molar-refractivity contribution in [2.24, 2.45) is 0 Å². The molecule has 146 valence electrons. The minimum atomic E-state index is -0.0525. The van der Waals surface area contributed by atoms with Crippen molar-refractivity contribution in [1.82, 2.24) is 14.6 Å². The van der Waals surface area contributed by atoms with E-state index in [9.17, 15) is 0 Å². The first kappa shape index (κ1) is 18.8. The lowest BCUT2D eigenvalue weighted by Crippen LogP contribution is -2.31. The summed E-state index contributed by atoms with van der Waals surface area (Å²) in [5.41, 5.74) is 5.14. The van der Waals surface area contributed by atoms with E-state index in [-0.39, 0.29) is 5.41 Å². The van der Waals surface area contributed by atoms with E-state index in [4.69, 9.17) is 22.4 Å². The summed E-state index contributed by atoms with van der Waals surface area (Å²) in [5.74, 6) is 7.13. The number of benzene rings is 1. The molecule has 1 unspecified atom stereocenters. The summed E-state index contributed by atoms with van der Waals surface area (Å²) < 4.78 is 1.63.